The molecule has 0 spiro atoms. The van der Waals surface area contributed by atoms with Crippen LogP contribution in [-0.4, -0.2) is 89.8 Å². The summed E-state index contributed by atoms with van der Waals surface area (Å²) in [6.07, 6.45) is -5.11. The van der Waals surface area contributed by atoms with Gasteiger partial charge in [-0.15, -0.1) is 0 Å². The Kier molecular flexibility index (Phi) is 8.57. The van der Waals surface area contributed by atoms with Gasteiger partial charge in [-0.25, -0.2) is 9.13 Å². The quantitative estimate of drug-likeness (QED) is 0.217. The molecule has 4 unspecified atom stereocenters. The first-order valence-corrected chi connectivity index (χ1v) is 13.1. The van der Waals surface area contributed by atoms with Crippen LogP contribution in [0.5, 0.6) is 0 Å². The number of nitrogens with zero attached hydrogens (tertiary/aromatic N) is 2. The van der Waals surface area contributed by atoms with Crippen molar-refractivity contribution in [2.45, 2.75) is 37.3 Å². The van der Waals surface area contributed by atoms with Gasteiger partial charge in [0, 0.05) is 23.8 Å². The number of rotatable bonds is 9. The summed E-state index contributed by atoms with van der Waals surface area (Å²) in [5, 5.41) is 31.9. The van der Waals surface area contributed by atoms with E-state index >= 15 is 0 Å². The largest absolute Gasteiger partial charge is 0.481 e. The van der Waals surface area contributed by atoms with Crippen LogP contribution in [0.25, 0.3) is 0 Å². The SMILES string of the molecule is O=C1C=CN([C@@H]2O[C@H](COP(=O)(O)OP(=O)(O)O)C(O)C2O)C(O)N1CCc1ccc(Cl)cc1. The molecule has 34 heavy (non-hydrogen) atoms. The maximum atomic E-state index is 12.3. The molecule has 14 nitrogen and oxygen atoms in total. The third-order valence-corrected chi connectivity index (χ3v) is 7.42. The highest BCUT2D eigenvalue weighted by Crippen LogP contribution is 2.57. The molecule has 0 radical (unpaired) electrons. The lowest BCUT2D eigenvalue weighted by atomic mass is 10.1. The third-order valence-electron chi connectivity index (χ3n) is 5.01. The van der Waals surface area contributed by atoms with Crippen molar-refractivity contribution in [1.82, 2.24) is 9.80 Å². The van der Waals surface area contributed by atoms with Gasteiger partial charge in [-0.3, -0.25) is 14.2 Å². The molecule has 1 fully saturated rings. The van der Waals surface area contributed by atoms with Gasteiger partial charge in [0.1, 0.15) is 18.3 Å². The Balaban J connectivity index is 1.64. The monoisotopic (exact) mass is 544 g/mol. The summed E-state index contributed by atoms with van der Waals surface area (Å²) in [4.78, 5) is 41.1. The maximum absolute atomic E-state index is 12.3. The topological polar surface area (TPSA) is 207 Å². The third kappa shape index (κ3) is 6.85. The molecule has 17 heteroatoms. The first-order valence-electron chi connectivity index (χ1n) is 9.72. The minimum absolute atomic E-state index is 0.0911. The number of halogens is 1. The van der Waals surface area contributed by atoms with Gasteiger partial charge in [0.05, 0.1) is 6.61 Å². The predicted octanol–water partition coefficient (Wildman–Crippen LogP) is -0.511. The summed E-state index contributed by atoms with van der Waals surface area (Å²) >= 11 is 5.85. The van der Waals surface area contributed by atoms with Crippen LogP contribution < -0.4 is 0 Å². The van der Waals surface area contributed by atoms with Crippen LogP contribution in [0.3, 0.4) is 0 Å². The summed E-state index contributed by atoms with van der Waals surface area (Å²) < 4.78 is 35.8. The molecule has 190 valence electrons. The Bertz CT molecular complexity index is 1000. The Morgan fingerprint density at radius 2 is 1.71 bits per heavy atom. The van der Waals surface area contributed by atoms with Crippen LogP contribution in [0.15, 0.2) is 36.5 Å². The van der Waals surface area contributed by atoms with E-state index in [2.05, 4.69) is 8.83 Å². The number of amides is 1. The van der Waals surface area contributed by atoms with Crippen molar-refractivity contribution >= 4 is 33.2 Å². The van der Waals surface area contributed by atoms with E-state index in [1.54, 1.807) is 24.3 Å². The molecule has 6 atom stereocenters. The Morgan fingerprint density at radius 1 is 1.06 bits per heavy atom. The van der Waals surface area contributed by atoms with Crippen molar-refractivity contribution in [3.63, 3.8) is 0 Å². The number of aliphatic hydroxyl groups excluding tert-OH is 3. The standard InChI is InChI=1S/C17H23ClN2O12P2/c18-11-3-1-10(2-4-11)5-7-19-13(21)6-8-20(17(19)24)16-15(23)14(22)12(31-16)9-30-34(28,29)32-33(25,26)27/h1-4,6,8,12,14-17,22-24H,5,7,9H2,(H,28,29)(H2,25,26,27)/t12-,14?,15?,16-,17?/m1/s1. The first kappa shape index (κ1) is 27.2. The summed E-state index contributed by atoms with van der Waals surface area (Å²) in [7, 11) is -10.6. The number of carbonyl (C=O) groups is 1. The van der Waals surface area contributed by atoms with Crippen molar-refractivity contribution in [2.24, 2.45) is 0 Å². The minimum atomic E-state index is -5.35. The second-order valence-electron chi connectivity index (χ2n) is 7.40. The Morgan fingerprint density at radius 3 is 2.32 bits per heavy atom. The van der Waals surface area contributed by atoms with Crippen molar-refractivity contribution < 1.29 is 57.5 Å². The average Bonchev–Trinajstić information content (AvgIpc) is 3.00. The molecule has 6 N–H and O–H groups in total. The molecule has 2 aliphatic heterocycles. The first-order chi connectivity index (χ1) is 15.8. The zero-order valence-electron chi connectivity index (χ0n) is 17.3. The normalized spacial score (nSPS) is 29.5. The molecule has 0 bridgehead atoms. The van der Waals surface area contributed by atoms with E-state index < -0.39 is 59.1 Å². The van der Waals surface area contributed by atoms with Crippen molar-refractivity contribution in [3.8, 4) is 0 Å². The molecular weight excluding hydrogens is 522 g/mol. The molecule has 3 rings (SSSR count). The predicted molar refractivity (Wildman–Crippen MR) is 113 cm³/mol. The molecule has 0 aromatic heterocycles. The molecule has 1 aromatic carbocycles. The van der Waals surface area contributed by atoms with E-state index in [4.69, 9.17) is 26.1 Å². The van der Waals surface area contributed by atoms with E-state index in [1.807, 2.05) is 0 Å². The molecule has 0 saturated carbocycles. The lowest BCUT2D eigenvalue weighted by Gasteiger charge is -2.41. The molecule has 1 saturated heterocycles. The molecule has 1 amide bonds. The number of phosphoric ester groups is 1. The van der Waals surface area contributed by atoms with Crippen LogP contribution >= 0.6 is 27.2 Å². The van der Waals surface area contributed by atoms with Gasteiger partial charge in [0.15, 0.2) is 6.23 Å². The smallest absolute Gasteiger partial charge is 0.387 e. The fourth-order valence-electron chi connectivity index (χ4n) is 3.38. The number of aliphatic hydroxyl groups is 3. The summed E-state index contributed by atoms with van der Waals surface area (Å²) in [5.74, 6) is -0.513. The van der Waals surface area contributed by atoms with Gasteiger partial charge in [0.25, 0.3) is 5.91 Å². The summed E-state index contributed by atoms with van der Waals surface area (Å²) in [6, 6.07) is 6.88. The fourth-order valence-corrected chi connectivity index (χ4v) is 5.10. The molecule has 1 aromatic rings. The van der Waals surface area contributed by atoms with Gasteiger partial charge in [-0.2, -0.15) is 4.31 Å². The highest BCUT2D eigenvalue weighted by molar-refractivity contribution is 7.60. The van der Waals surface area contributed by atoms with E-state index in [-0.39, 0.29) is 6.54 Å². The average molecular weight is 545 g/mol. The molecular formula is C17H23ClN2O12P2. The number of hydrogen-bond donors (Lipinski definition) is 6. The number of benzene rings is 1. The van der Waals surface area contributed by atoms with E-state index in [0.29, 0.717) is 11.4 Å². The van der Waals surface area contributed by atoms with Crippen LogP contribution in [-0.2, 0) is 33.9 Å². The number of carbonyl (C=O) groups excluding carboxylic acids is 1. The van der Waals surface area contributed by atoms with Crippen LogP contribution in [0, 0.1) is 0 Å². The Hall–Kier alpha value is -1.38. The van der Waals surface area contributed by atoms with Crippen molar-refractivity contribution in [1.29, 1.82) is 0 Å². The zero-order valence-corrected chi connectivity index (χ0v) is 19.8. The highest BCUT2D eigenvalue weighted by Gasteiger charge is 2.49. The fraction of sp³-hybridized carbons (Fsp3) is 0.471. The lowest BCUT2D eigenvalue weighted by Crippen LogP contribution is -2.57. The van der Waals surface area contributed by atoms with Crippen LogP contribution in [0.4, 0.5) is 0 Å². The van der Waals surface area contributed by atoms with Crippen LogP contribution in [0.2, 0.25) is 5.02 Å². The number of hydrogen-bond acceptors (Lipinski definition) is 10. The van der Waals surface area contributed by atoms with E-state index in [1.165, 1.54) is 0 Å². The molecule has 0 aliphatic carbocycles. The van der Waals surface area contributed by atoms with Gasteiger partial charge in [-0.1, -0.05) is 23.7 Å². The van der Waals surface area contributed by atoms with Gasteiger partial charge in [-0.05, 0) is 24.1 Å². The maximum Gasteiger partial charge on any atom is 0.481 e. The minimum Gasteiger partial charge on any atom is -0.387 e. The Labute approximate surface area is 198 Å². The molecule has 2 heterocycles. The van der Waals surface area contributed by atoms with Crippen LogP contribution in [0.1, 0.15) is 5.56 Å². The van der Waals surface area contributed by atoms with Crippen molar-refractivity contribution in [2.75, 3.05) is 13.2 Å². The molecule has 2 aliphatic rings. The summed E-state index contributed by atoms with van der Waals surface area (Å²) in [5.41, 5.74) is 0.848. The van der Waals surface area contributed by atoms with E-state index in [9.17, 15) is 34.1 Å². The van der Waals surface area contributed by atoms with Gasteiger partial charge >= 0.3 is 15.6 Å². The van der Waals surface area contributed by atoms with Gasteiger partial charge < -0.3 is 39.6 Å². The van der Waals surface area contributed by atoms with E-state index in [0.717, 1.165) is 27.6 Å². The summed E-state index contributed by atoms with van der Waals surface area (Å²) in [6.45, 7) is -0.802. The van der Waals surface area contributed by atoms with Crippen molar-refractivity contribution in [3.05, 3.63) is 47.1 Å². The second-order valence-corrected chi connectivity index (χ2v) is 10.7. The second kappa shape index (κ2) is 10.7. The highest BCUT2D eigenvalue weighted by atomic mass is 35.5. The number of phosphoric acid groups is 2. The zero-order chi connectivity index (χ0) is 25.3. The van der Waals surface area contributed by atoms with Gasteiger partial charge in [0.2, 0.25) is 6.35 Å². The lowest BCUT2D eigenvalue weighted by molar-refractivity contribution is -0.189. The number of ether oxygens (including phenoxy) is 1.